The summed E-state index contributed by atoms with van der Waals surface area (Å²) in [6.45, 7) is 3.49. The van der Waals surface area contributed by atoms with Gasteiger partial charge in [0.15, 0.2) is 5.96 Å². The van der Waals surface area contributed by atoms with Crippen LogP contribution in [0, 0.1) is 0 Å². The number of amides is 2. The SMILES string of the molecule is CCNC(N)=NCCNC(N)=O. The molecule has 0 unspecified atom stereocenters. The van der Waals surface area contributed by atoms with E-state index in [-0.39, 0.29) is 0 Å². The van der Waals surface area contributed by atoms with Crippen LogP contribution in [-0.4, -0.2) is 31.6 Å². The summed E-state index contributed by atoms with van der Waals surface area (Å²) in [5.41, 5.74) is 10.2. The van der Waals surface area contributed by atoms with Gasteiger partial charge in [0.25, 0.3) is 0 Å². The number of hydrogen-bond acceptors (Lipinski definition) is 2. The molecule has 0 radical (unpaired) electrons. The van der Waals surface area contributed by atoms with E-state index in [9.17, 15) is 4.79 Å². The first-order valence-corrected chi connectivity index (χ1v) is 3.74. The van der Waals surface area contributed by atoms with Crippen LogP contribution in [0.25, 0.3) is 0 Å². The van der Waals surface area contributed by atoms with Crippen molar-refractivity contribution in [2.75, 3.05) is 19.6 Å². The van der Waals surface area contributed by atoms with Gasteiger partial charge < -0.3 is 22.1 Å². The molecule has 6 nitrogen and oxygen atoms in total. The molecular weight excluding hydrogens is 158 g/mol. The molecule has 12 heavy (non-hydrogen) atoms. The quantitative estimate of drug-likeness (QED) is 0.238. The van der Waals surface area contributed by atoms with Crippen LogP contribution in [0.2, 0.25) is 0 Å². The van der Waals surface area contributed by atoms with Crippen LogP contribution < -0.4 is 22.1 Å². The van der Waals surface area contributed by atoms with Crippen molar-refractivity contribution in [2.24, 2.45) is 16.5 Å². The maximum absolute atomic E-state index is 10.2. The third kappa shape index (κ3) is 6.66. The zero-order valence-corrected chi connectivity index (χ0v) is 7.13. The summed E-state index contributed by atoms with van der Waals surface area (Å²) >= 11 is 0. The number of nitrogens with two attached hydrogens (primary N) is 2. The lowest BCUT2D eigenvalue weighted by atomic mass is 10.6. The van der Waals surface area contributed by atoms with Gasteiger partial charge in [0.05, 0.1) is 6.54 Å². The van der Waals surface area contributed by atoms with Crippen LogP contribution in [0.5, 0.6) is 0 Å². The molecule has 0 aliphatic heterocycles. The number of primary amides is 1. The van der Waals surface area contributed by atoms with Gasteiger partial charge in [-0.15, -0.1) is 0 Å². The molecule has 0 fully saturated rings. The molecule has 0 saturated carbocycles. The second-order valence-corrected chi connectivity index (χ2v) is 2.09. The van der Waals surface area contributed by atoms with Gasteiger partial charge in [0.2, 0.25) is 0 Å². The van der Waals surface area contributed by atoms with Gasteiger partial charge in [-0.3, -0.25) is 4.99 Å². The lowest BCUT2D eigenvalue weighted by molar-refractivity contribution is 0.249. The number of nitrogens with one attached hydrogen (secondary N) is 2. The van der Waals surface area contributed by atoms with Crippen LogP contribution in [-0.2, 0) is 0 Å². The van der Waals surface area contributed by atoms with Crippen molar-refractivity contribution in [2.45, 2.75) is 6.92 Å². The first-order valence-electron chi connectivity index (χ1n) is 3.74. The highest BCUT2D eigenvalue weighted by Crippen LogP contribution is 1.68. The minimum absolute atomic E-state index is 0.378. The van der Waals surface area contributed by atoms with E-state index in [1.165, 1.54) is 0 Å². The predicted octanol–water partition coefficient (Wildman–Crippen LogP) is -1.42. The van der Waals surface area contributed by atoms with E-state index < -0.39 is 6.03 Å². The van der Waals surface area contributed by atoms with E-state index in [0.717, 1.165) is 6.54 Å². The van der Waals surface area contributed by atoms with Gasteiger partial charge in [0, 0.05) is 13.1 Å². The summed E-state index contributed by atoms with van der Waals surface area (Å²) in [6.07, 6.45) is 0. The molecule has 0 aromatic heterocycles. The second kappa shape index (κ2) is 6.26. The third-order valence-corrected chi connectivity index (χ3v) is 1.05. The van der Waals surface area contributed by atoms with E-state index in [1.807, 2.05) is 6.92 Å². The maximum Gasteiger partial charge on any atom is 0.312 e. The van der Waals surface area contributed by atoms with E-state index in [0.29, 0.717) is 19.0 Å². The summed E-state index contributed by atoms with van der Waals surface area (Å²) in [4.78, 5) is 14.1. The zero-order chi connectivity index (χ0) is 9.40. The summed E-state index contributed by atoms with van der Waals surface area (Å²) in [5, 5.41) is 5.21. The van der Waals surface area contributed by atoms with Crippen molar-refractivity contribution in [1.29, 1.82) is 0 Å². The highest BCUT2D eigenvalue weighted by atomic mass is 16.2. The fraction of sp³-hybridized carbons (Fsp3) is 0.667. The zero-order valence-electron chi connectivity index (χ0n) is 7.13. The Labute approximate surface area is 71.4 Å². The molecule has 0 aliphatic rings. The molecule has 0 aromatic rings. The number of hydrogen-bond donors (Lipinski definition) is 4. The minimum Gasteiger partial charge on any atom is -0.370 e. The molecule has 70 valence electrons. The van der Waals surface area contributed by atoms with Gasteiger partial charge in [-0.25, -0.2) is 4.79 Å². The maximum atomic E-state index is 10.2. The molecular formula is C6H15N5O. The monoisotopic (exact) mass is 173 g/mol. The number of rotatable bonds is 4. The number of guanidine groups is 1. The van der Waals surface area contributed by atoms with Crippen LogP contribution >= 0.6 is 0 Å². The van der Waals surface area contributed by atoms with Crippen molar-refractivity contribution in [1.82, 2.24) is 10.6 Å². The minimum atomic E-state index is -0.549. The molecule has 2 amide bonds. The van der Waals surface area contributed by atoms with Crippen molar-refractivity contribution in [3.63, 3.8) is 0 Å². The number of urea groups is 1. The third-order valence-electron chi connectivity index (χ3n) is 1.05. The molecule has 0 bridgehead atoms. The molecule has 0 saturated heterocycles. The summed E-state index contributed by atoms with van der Waals surface area (Å²) in [6, 6.07) is -0.549. The van der Waals surface area contributed by atoms with Crippen molar-refractivity contribution < 1.29 is 4.79 Å². The van der Waals surface area contributed by atoms with E-state index >= 15 is 0 Å². The Morgan fingerprint density at radius 1 is 1.42 bits per heavy atom. The largest absolute Gasteiger partial charge is 0.370 e. The van der Waals surface area contributed by atoms with Crippen LogP contribution in [0.3, 0.4) is 0 Å². The first kappa shape index (κ1) is 10.5. The molecule has 0 aromatic carbocycles. The Bertz CT molecular complexity index is 167. The Kier molecular flexibility index (Phi) is 5.50. The highest BCUT2D eigenvalue weighted by Gasteiger charge is 1.90. The topological polar surface area (TPSA) is 106 Å². The van der Waals surface area contributed by atoms with Gasteiger partial charge in [-0.05, 0) is 6.92 Å². The fourth-order valence-corrected chi connectivity index (χ4v) is 0.592. The average Bonchev–Trinajstić information content (AvgIpc) is 1.98. The molecule has 0 aliphatic carbocycles. The lowest BCUT2D eigenvalue weighted by Gasteiger charge is -2.01. The number of carbonyl (C=O) groups excluding carboxylic acids is 1. The van der Waals surface area contributed by atoms with E-state index in [4.69, 9.17) is 11.5 Å². The van der Waals surface area contributed by atoms with Gasteiger partial charge in [-0.2, -0.15) is 0 Å². The lowest BCUT2D eigenvalue weighted by Crippen LogP contribution is -2.34. The molecule has 6 N–H and O–H groups in total. The highest BCUT2D eigenvalue weighted by molar-refractivity contribution is 5.77. The van der Waals surface area contributed by atoms with Crippen molar-refractivity contribution >= 4 is 12.0 Å². The molecule has 0 spiro atoms. The number of carbonyl (C=O) groups is 1. The van der Waals surface area contributed by atoms with Gasteiger partial charge in [0.1, 0.15) is 0 Å². The van der Waals surface area contributed by atoms with Gasteiger partial charge >= 0.3 is 6.03 Å². The van der Waals surface area contributed by atoms with E-state index in [2.05, 4.69) is 15.6 Å². The van der Waals surface area contributed by atoms with Crippen molar-refractivity contribution in [3.05, 3.63) is 0 Å². The van der Waals surface area contributed by atoms with Crippen LogP contribution in [0.15, 0.2) is 4.99 Å². The first-order chi connectivity index (χ1) is 5.66. The molecule has 0 atom stereocenters. The van der Waals surface area contributed by atoms with Gasteiger partial charge in [-0.1, -0.05) is 0 Å². The Hall–Kier alpha value is -1.46. The van der Waals surface area contributed by atoms with Crippen molar-refractivity contribution in [3.8, 4) is 0 Å². The predicted molar refractivity (Wildman–Crippen MR) is 47.8 cm³/mol. The summed E-state index contributed by atoms with van der Waals surface area (Å²) in [7, 11) is 0. The number of nitrogens with zero attached hydrogens (tertiary/aromatic N) is 1. The number of aliphatic imine (C=N–C) groups is 1. The van der Waals surface area contributed by atoms with Crippen LogP contribution in [0.4, 0.5) is 4.79 Å². The Morgan fingerprint density at radius 3 is 2.58 bits per heavy atom. The fourth-order valence-electron chi connectivity index (χ4n) is 0.592. The Morgan fingerprint density at radius 2 is 2.08 bits per heavy atom. The molecule has 6 heteroatoms. The standard InChI is InChI=1S/C6H15N5O/c1-2-9-5(7)10-3-4-11-6(8)12/h2-4H2,1H3,(H3,7,9,10)(H3,8,11,12). The molecule has 0 rings (SSSR count). The summed E-state index contributed by atoms with van der Waals surface area (Å²) in [5.74, 6) is 0.378. The normalized spacial score (nSPS) is 10.9. The summed E-state index contributed by atoms with van der Waals surface area (Å²) < 4.78 is 0. The average molecular weight is 173 g/mol. The van der Waals surface area contributed by atoms with E-state index in [1.54, 1.807) is 0 Å². The second-order valence-electron chi connectivity index (χ2n) is 2.09. The van der Waals surface area contributed by atoms with Crippen LogP contribution in [0.1, 0.15) is 6.92 Å². The smallest absolute Gasteiger partial charge is 0.312 e. The molecule has 0 heterocycles. The Balaban J connectivity index is 3.39.